The molecule has 1 heterocycles. The minimum atomic E-state index is -0.0360. The molecule has 70 valence electrons. The Hall–Kier alpha value is -1.83. The fourth-order valence-electron chi connectivity index (χ4n) is 0.646. The van der Waals surface area contributed by atoms with Crippen LogP contribution in [0.4, 0.5) is 17.8 Å². The van der Waals surface area contributed by atoms with Crippen LogP contribution in [0.25, 0.3) is 0 Å². The molecule has 0 fully saturated rings. The first-order valence-corrected chi connectivity index (χ1v) is 3.38. The highest BCUT2D eigenvalue weighted by Gasteiger charge is 2.01. The first-order chi connectivity index (χ1) is 6.26. The molecule has 0 bridgehead atoms. The van der Waals surface area contributed by atoms with Crippen LogP contribution >= 0.6 is 0 Å². The van der Waals surface area contributed by atoms with Gasteiger partial charge in [0, 0.05) is 7.11 Å². The van der Waals surface area contributed by atoms with Crippen molar-refractivity contribution in [1.29, 1.82) is 5.53 Å². The van der Waals surface area contributed by atoms with Crippen molar-refractivity contribution in [1.82, 2.24) is 15.0 Å². The van der Waals surface area contributed by atoms with Gasteiger partial charge in [-0.05, 0) is 0 Å². The number of aromatic nitrogens is 3. The molecule has 1 aromatic heterocycles. The Bertz CT molecular complexity index is 301. The first kappa shape index (κ1) is 9.26. The first-order valence-electron chi connectivity index (χ1n) is 3.38. The van der Waals surface area contributed by atoms with Gasteiger partial charge in [0.25, 0.3) is 5.95 Å². The Morgan fingerprint density at radius 2 is 2.31 bits per heavy atom. The molecule has 0 aliphatic rings. The minimum absolute atomic E-state index is 0.0135. The van der Waals surface area contributed by atoms with E-state index in [1.54, 1.807) is 0 Å². The molecule has 0 radical (unpaired) electrons. The largest absolute Gasteiger partial charge is 0.368 e. The van der Waals surface area contributed by atoms with E-state index in [4.69, 9.17) is 16.0 Å². The van der Waals surface area contributed by atoms with E-state index in [9.17, 15) is 0 Å². The number of anilines is 2. The molecule has 1 rings (SSSR count). The average molecular weight is 183 g/mol. The number of nitrogens with one attached hydrogen (secondary N) is 2. The quantitative estimate of drug-likeness (QED) is 0.450. The van der Waals surface area contributed by atoms with Crippen molar-refractivity contribution < 1.29 is 4.74 Å². The Balaban J connectivity index is 2.81. The Labute approximate surface area is 74.1 Å². The predicted octanol–water partition coefficient (Wildman–Crippen LogP) is 0.132. The highest BCUT2D eigenvalue weighted by molar-refractivity contribution is 5.35. The van der Waals surface area contributed by atoms with Crippen LogP contribution in [0.15, 0.2) is 5.11 Å². The van der Waals surface area contributed by atoms with Gasteiger partial charge in [-0.2, -0.15) is 15.0 Å². The Morgan fingerprint density at radius 1 is 1.54 bits per heavy atom. The van der Waals surface area contributed by atoms with Crippen molar-refractivity contribution in [3.63, 3.8) is 0 Å². The fourth-order valence-corrected chi connectivity index (χ4v) is 0.646. The second-order valence-electron chi connectivity index (χ2n) is 2.04. The van der Waals surface area contributed by atoms with Crippen molar-refractivity contribution in [2.24, 2.45) is 5.11 Å². The number of methoxy groups -OCH3 is 1. The van der Waals surface area contributed by atoms with E-state index in [1.807, 2.05) is 0 Å². The van der Waals surface area contributed by atoms with E-state index in [0.717, 1.165) is 0 Å². The number of hydrogen-bond donors (Lipinski definition) is 3. The van der Waals surface area contributed by atoms with Gasteiger partial charge in [0.05, 0.1) is 0 Å². The SMILES string of the molecule is COCNc1nc(N)nc(N=N)n1. The lowest BCUT2D eigenvalue weighted by atomic mass is 10.8. The molecule has 0 saturated carbocycles. The van der Waals surface area contributed by atoms with E-state index in [-0.39, 0.29) is 24.6 Å². The number of nitrogens with zero attached hydrogens (tertiary/aromatic N) is 4. The van der Waals surface area contributed by atoms with Crippen LogP contribution in [0, 0.1) is 5.53 Å². The van der Waals surface area contributed by atoms with Gasteiger partial charge in [-0.25, -0.2) is 5.53 Å². The van der Waals surface area contributed by atoms with E-state index >= 15 is 0 Å². The van der Waals surface area contributed by atoms with Crippen LogP contribution in [-0.4, -0.2) is 28.8 Å². The number of nitrogen functional groups attached to an aromatic ring is 1. The van der Waals surface area contributed by atoms with Crippen molar-refractivity contribution in [2.75, 3.05) is 24.9 Å². The van der Waals surface area contributed by atoms with Gasteiger partial charge in [-0.15, -0.1) is 5.11 Å². The maximum absolute atomic E-state index is 6.67. The zero-order chi connectivity index (χ0) is 9.68. The molecule has 0 aliphatic heterocycles. The maximum Gasteiger partial charge on any atom is 0.274 e. The molecular weight excluding hydrogens is 174 g/mol. The van der Waals surface area contributed by atoms with Crippen LogP contribution < -0.4 is 11.1 Å². The predicted molar refractivity (Wildman–Crippen MR) is 44.5 cm³/mol. The maximum atomic E-state index is 6.67. The second kappa shape index (κ2) is 4.26. The summed E-state index contributed by atoms with van der Waals surface area (Å²) in [4.78, 5) is 11.1. The summed E-state index contributed by atoms with van der Waals surface area (Å²) in [5, 5.41) is 5.73. The van der Waals surface area contributed by atoms with E-state index in [0.29, 0.717) is 0 Å². The summed E-state index contributed by atoms with van der Waals surface area (Å²) in [6.07, 6.45) is 0. The highest BCUT2D eigenvalue weighted by Crippen LogP contribution is 2.08. The lowest BCUT2D eigenvalue weighted by molar-refractivity contribution is 0.220. The number of nitrogens with two attached hydrogens (primary N) is 1. The third-order valence-corrected chi connectivity index (χ3v) is 1.12. The zero-order valence-corrected chi connectivity index (χ0v) is 6.98. The zero-order valence-electron chi connectivity index (χ0n) is 6.98. The lowest BCUT2D eigenvalue weighted by Gasteiger charge is -2.02. The molecule has 1 aromatic rings. The van der Waals surface area contributed by atoms with Crippen molar-refractivity contribution in [3.8, 4) is 0 Å². The van der Waals surface area contributed by atoms with Crippen molar-refractivity contribution >= 4 is 17.8 Å². The average Bonchev–Trinajstić information content (AvgIpc) is 2.14. The molecule has 0 amide bonds. The summed E-state index contributed by atoms with van der Waals surface area (Å²) in [5.74, 6) is 0.214. The van der Waals surface area contributed by atoms with E-state index < -0.39 is 0 Å². The van der Waals surface area contributed by atoms with Crippen LogP contribution in [0.3, 0.4) is 0 Å². The number of hydrogen-bond acceptors (Lipinski definition) is 8. The molecule has 0 atom stereocenters. The van der Waals surface area contributed by atoms with E-state index in [1.165, 1.54) is 7.11 Å². The molecule has 0 aromatic carbocycles. The van der Waals surface area contributed by atoms with Crippen LogP contribution in [0.1, 0.15) is 0 Å². The standard InChI is InChI=1S/C5H9N7O/c1-13-2-8-4-9-3(6)10-5(11-4)12-7/h7H,2H2,1H3,(H3,6,8,9,10,11). The molecule has 0 spiro atoms. The summed E-state index contributed by atoms with van der Waals surface area (Å²) in [6.45, 7) is 0.251. The highest BCUT2D eigenvalue weighted by atomic mass is 16.5. The molecule has 8 nitrogen and oxygen atoms in total. The normalized spacial score (nSPS) is 9.62. The topological polar surface area (TPSA) is 122 Å². The van der Waals surface area contributed by atoms with Gasteiger partial charge in [0.15, 0.2) is 0 Å². The molecule has 0 saturated heterocycles. The summed E-state index contributed by atoms with van der Waals surface area (Å²) in [7, 11) is 1.52. The Morgan fingerprint density at radius 3 is 2.92 bits per heavy atom. The second-order valence-corrected chi connectivity index (χ2v) is 2.04. The molecular formula is C5H9N7O. The molecule has 8 heteroatoms. The van der Waals surface area contributed by atoms with Gasteiger partial charge in [-0.1, -0.05) is 0 Å². The smallest absolute Gasteiger partial charge is 0.274 e. The van der Waals surface area contributed by atoms with Crippen molar-refractivity contribution in [2.45, 2.75) is 0 Å². The van der Waals surface area contributed by atoms with Crippen molar-refractivity contribution in [3.05, 3.63) is 0 Å². The van der Waals surface area contributed by atoms with Gasteiger partial charge < -0.3 is 15.8 Å². The van der Waals surface area contributed by atoms with Gasteiger partial charge in [0.2, 0.25) is 11.9 Å². The van der Waals surface area contributed by atoms with Gasteiger partial charge in [-0.3, -0.25) is 0 Å². The van der Waals surface area contributed by atoms with Gasteiger partial charge in [0.1, 0.15) is 6.73 Å². The summed E-state index contributed by atoms with van der Waals surface area (Å²) >= 11 is 0. The molecule has 0 aliphatic carbocycles. The Kier molecular flexibility index (Phi) is 3.03. The molecule has 13 heavy (non-hydrogen) atoms. The molecule has 4 N–H and O–H groups in total. The van der Waals surface area contributed by atoms with Crippen LogP contribution in [0.2, 0.25) is 0 Å². The van der Waals surface area contributed by atoms with Gasteiger partial charge >= 0.3 is 0 Å². The lowest BCUT2D eigenvalue weighted by Crippen LogP contribution is -2.08. The summed E-state index contributed by atoms with van der Waals surface area (Å²) in [6, 6.07) is 0. The number of rotatable bonds is 4. The minimum Gasteiger partial charge on any atom is -0.368 e. The third-order valence-electron chi connectivity index (χ3n) is 1.12. The monoisotopic (exact) mass is 183 g/mol. The van der Waals surface area contributed by atoms with E-state index in [2.05, 4.69) is 25.4 Å². The fraction of sp³-hybridized carbons (Fsp3) is 0.400. The third kappa shape index (κ3) is 2.60. The summed E-state index contributed by atoms with van der Waals surface area (Å²) < 4.78 is 4.73. The van der Waals surface area contributed by atoms with Crippen LogP contribution in [0.5, 0.6) is 0 Å². The number of ether oxygens (including phenoxy) is 1. The van der Waals surface area contributed by atoms with Crippen LogP contribution in [-0.2, 0) is 4.74 Å². The summed E-state index contributed by atoms with van der Waals surface area (Å²) in [5.41, 5.74) is 12.0. The molecule has 0 unspecified atom stereocenters.